The van der Waals surface area contributed by atoms with Gasteiger partial charge in [-0.2, -0.15) is 0 Å². The highest BCUT2D eigenvalue weighted by Crippen LogP contribution is 2.09. The monoisotopic (exact) mass is 229 g/mol. The quantitative estimate of drug-likeness (QED) is 0.853. The number of rotatable bonds is 5. The van der Waals surface area contributed by atoms with Crippen molar-refractivity contribution in [1.29, 1.82) is 0 Å². The maximum Gasteiger partial charge on any atom is 0.119 e. The van der Waals surface area contributed by atoms with Crippen LogP contribution in [0.15, 0.2) is 54.7 Å². The van der Waals surface area contributed by atoms with Crippen LogP contribution in [0.2, 0.25) is 0 Å². The molecule has 0 aliphatic rings. The van der Waals surface area contributed by atoms with Crippen molar-refractivity contribution in [2.24, 2.45) is 0 Å². The van der Waals surface area contributed by atoms with Crippen molar-refractivity contribution < 1.29 is 9.84 Å². The molecule has 2 aromatic rings. The van der Waals surface area contributed by atoms with Gasteiger partial charge in [0.2, 0.25) is 0 Å². The molecule has 1 aromatic heterocycles. The molecule has 3 nitrogen and oxygen atoms in total. The molecule has 0 amide bonds. The molecule has 0 spiro atoms. The molecule has 2 rings (SSSR count). The van der Waals surface area contributed by atoms with E-state index in [1.807, 2.05) is 48.5 Å². The Morgan fingerprint density at radius 3 is 2.53 bits per heavy atom. The fraction of sp³-hybridized carbons (Fsp3) is 0.214. The Morgan fingerprint density at radius 1 is 1.06 bits per heavy atom. The standard InChI is InChI=1S/C14H15NO2/c16-13(10-12-6-4-5-9-15-12)11-17-14-7-2-1-3-8-14/h1-9,13,16H,10-11H2. The van der Waals surface area contributed by atoms with Gasteiger partial charge in [0, 0.05) is 18.3 Å². The second-order valence-corrected chi connectivity index (χ2v) is 3.80. The summed E-state index contributed by atoms with van der Waals surface area (Å²) in [5.74, 6) is 0.771. The predicted octanol–water partition coefficient (Wildman–Crippen LogP) is 2.06. The van der Waals surface area contributed by atoms with Crippen LogP contribution in [-0.4, -0.2) is 22.8 Å². The lowest BCUT2D eigenvalue weighted by atomic mass is 10.2. The minimum Gasteiger partial charge on any atom is -0.491 e. The number of aromatic nitrogens is 1. The van der Waals surface area contributed by atoms with Crippen LogP contribution in [0.25, 0.3) is 0 Å². The van der Waals surface area contributed by atoms with Gasteiger partial charge in [-0.25, -0.2) is 0 Å². The normalized spacial score (nSPS) is 12.1. The third-order valence-corrected chi connectivity index (χ3v) is 2.36. The first-order chi connectivity index (χ1) is 8.34. The smallest absolute Gasteiger partial charge is 0.119 e. The summed E-state index contributed by atoms with van der Waals surface area (Å²) in [6.45, 7) is 0.278. The Labute approximate surface area is 101 Å². The molecular weight excluding hydrogens is 214 g/mol. The van der Waals surface area contributed by atoms with Gasteiger partial charge in [0.15, 0.2) is 0 Å². The zero-order valence-electron chi connectivity index (χ0n) is 9.49. The van der Waals surface area contributed by atoms with Gasteiger partial charge in [-0.05, 0) is 24.3 Å². The highest BCUT2D eigenvalue weighted by atomic mass is 16.5. The lowest BCUT2D eigenvalue weighted by Gasteiger charge is -2.11. The van der Waals surface area contributed by atoms with Crippen LogP contribution in [0.4, 0.5) is 0 Å². The molecule has 3 heteroatoms. The van der Waals surface area contributed by atoms with Gasteiger partial charge in [-0.3, -0.25) is 4.98 Å². The molecule has 0 saturated carbocycles. The van der Waals surface area contributed by atoms with E-state index in [0.29, 0.717) is 6.42 Å². The van der Waals surface area contributed by atoms with Gasteiger partial charge < -0.3 is 9.84 Å². The van der Waals surface area contributed by atoms with Crippen molar-refractivity contribution >= 4 is 0 Å². The van der Waals surface area contributed by atoms with E-state index in [0.717, 1.165) is 11.4 Å². The molecule has 0 saturated heterocycles. The van der Waals surface area contributed by atoms with Crippen LogP contribution in [0, 0.1) is 0 Å². The molecule has 88 valence electrons. The van der Waals surface area contributed by atoms with E-state index in [9.17, 15) is 5.11 Å². The Hall–Kier alpha value is -1.87. The van der Waals surface area contributed by atoms with Crippen molar-refractivity contribution in [3.05, 3.63) is 60.4 Å². The van der Waals surface area contributed by atoms with Crippen LogP contribution in [-0.2, 0) is 6.42 Å². The molecule has 1 atom stereocenters. The van der Waals surface area contributed by atoms with Gasteiger partial charge in [0.1, 0.15) is 12.4 Å². The Balaban J connectivity index is 1.80. The SMILES string of the molecule is OC(COc1ccccc1)Cc1ccccn1. The van der Waals surface area contributed by atoms with Crippen LogP contribution in [0.5, 0.6) is 5.75 Å². The number of para-hydroxylation sites is 1. The zero-order valence-corrected chi connectivity index (χ0v) is 9.49. The molecule has 0 aliphatic heterocycles. The maximum absolute atomic E-state index is 9.80. The number of aliphatic hydroxyl groups excluding tert-OH is 1. The van der Waals surface area contributed by atoms with E-state index >= 15 is 0 Å². The first kappa shape index (κ1) is 11.6. The average molecular weight is 229 g/mol. The van der Waals surface area contributed by atoms with E-state index in [2.05, 4.69) is 4.98 Å². The summed E-state index contributed by atoms with van der Waals surface area (Å²) in [5.41, 5.74) is 0.872. The van der Waals surface area contributed by atoms with Crippen molar-refractivity contribution in [1.82, 2.24) is 4.98 Å². The Morgan fingerprint density at radius 2 is 1.82 bits per heavy atom. The third-order valence-electron chi connectivity index (χ3n) is 2.36. The van der Waals surface area contributed by atoms with Gasteiger partial charge >= 0.3 is 0 Å². The summed E-state index contributed by atoms with van der Waals surface area (Å²) in [5, 5.41) is 9.80. The Kier molecular flexibility index (Phi) is 4.11. The molecule has 0 fully saturated rings. The van der Waals surface area contributed by atoms with Crippen LogP contribution >= 0.6 is 0 Å². The lowest BCUT2D eigenvalue weighted by Crippen LogP contribution is -2.20. The second kappa shape index (κ2) is 6.01. The van der Waals surface area contributed by atoms with E-state index in [1.165, 1.54) is 0 Å². The summed E-state index contributed by atoms with van der Waals surface area (Å²) in [7, 11) is 0. The van der Waals surface area contributed by atoms with Gasteiger partial charge in [0.05, 0.1) is 6.10 Å². The minimum absolute atomic E-state index is 0.278. The van der Waals surface area contributed by atoms with E-state index in [-0.39, 0.29) is 6.61 Å². The number of ether oxygens (including phenoxy) is 1. The van der Waals surface area contributed by atoms with Crippen LogP contribution < -0.4 is 4.74 Å². The molecule has 1 N–H and O–H groups in total. The fourth-order valence-electron chi connectivity index (χ4n) is 1.53. The molecule has 1 unspecified atom stereocenters. The predicted molar refractivity (Wildman–Crippen MR) is 65.9 cm³/mol. The maximum atomic E-state index is 9.80. The molecular formula is C14H15NO2. The van der Waals surface area contributed by atoms with E-state index < -0.39 is 6.10 Å². The van der Waals surface area contributed by atoms with Gasteiger partial charge in [-0.1, -0.05) is 24.3 Å². The Bertz CT molecular complexity index is 430. The second-order valence-electron chi connectivity index (χ2n) is 3.80. The largest absolute Gasteiger partial charge is 0.491 e. The first-order valence-corrected chi connectivity index (χ1v) is 5.60. The van der Waals surface area contributed by atoms with Crippen LogP contribution in [0.1, 0.15) is 5.69 Å². The average Bonchev–Trinajstić information content (AvgIpc) is 2.39. The molecule has 0 bridgehead atoms. The van der Waals surface area contributed by atoms with Gasteiger partial charge in [-0.15, -0.1) is 0 Å². The van der Waals surface area contributed by atoms with E-state index in [1.54, 1.807) is 6.20 Å². The molecule has 0 radical (unpaired) electrons. The van der Waals surface area contributed by atoms with Crippen LogP contribution in [0.3, 0.4) is 0 Å². The topological polar surface area (TPSA) is 42.4 Å². The number of pyridine rings is 1. The van der Waals surface area contributed by atoms with Gasteiger partial charge in [0.25, 0.3) is 0 Å². The summed E-state index contributed by atoms with van der Waals surface area (Å²) in [6.07, 6.45) is 1.69. The van der Waals surface area contributed by atoms with Crippen molar-refractivity contribution in [2.75, 3.05) is 6.61 Å². The number of nitrogens with zero attached hydrogens (tertiary/aromatic N) is 1. The molecule has 1 heterocycles. The van der Waals surface area contributed by atoms with Crippen molar-refractivity contribution in [2.45, 2.75) is 12.5 Å². The molecule has 0 aliphatic carbocycles. The highest BCUT2D eigenvalue weighted by Gasteiger charge is 2.07. The van der Waals surface area contributed by atoms with Crippen molar-refractivity contribution in [3.8, 4) is 5.75 Å². The van der Waals surface area contributed by atoms with Crippen molar-refractivity contribution in [3.63, 3.8) is 0 Å². The molecule has 17 heavy (non-hydrogen) atoms. The minimum atomic E-state index is -0.537. The van der Waals surface area contributed by atoms with E-state index in [4.69, 9.17) is 4.74 Å². The molecule has 1 aromatic carbocycles. The summed E-state index contributed by atoms with van der Waals surface area (Å²) in [4.78, 5) is 4.16. The zero-order chi connectivity index (χ0) is 11.9. The number of hydrogen-bond donors (Lipinski definition) is 1. The number of hydrogen-bond acceptors (Lipinski definition) is 3. The number of benzene rings is 1. The fourth-order valence-corrected chi connectivity index (χ4v) is 1.53. The first-order valence-electron chi connectivity index (χ1n) is 5.60. The summed E-state index contributed by atoms with van der Waals surface area (Å²) < 4.78 is 5.46. The summed E-state index contributed by atoms with van der Waals surface area (Å²) >= 11 is 0. The lowest BCUT2D eigenvalue weighted by molar-refractivity contribution is 0.107. The highest BCUT2D eigenvalue weighted by molar-refractivity contribution is 5.20. The summed E-state index contributed by atoms with van der Waals surface area (Å²) in [6, 6.07) is 15.1. The third kappa shape index (κ3) is 3.89. The number of aliphatic hydroxyl groups is 1.